The number of rotatable bonds is 3. The second-order valence-electron chi connectivity index (χ2n) is 6.36. The van der Waals surface area contributed by atoms with Crippen molar-refractivity contribution in [1.82, 2.24) is 0 Å². The first kappa shape index (κ1) is 19.2. The van der Waals surface area contributed by atoms with E-state index in [0.29, 0.717) is 6.42 Å². The van der Waals surface area contributed by atoms with Crippen molar-refractivity contribution < 1.29 is 22.8 Å². The number of carbonyl (C=O) groups excluding carboxylic acids is 2. The maximum atomic E-state index is 13.1. The Labute approximate surface area is 158 Å². The number of hydrogen-bond acceptors (Lipinski definition) is 2. The molecule has 0 spiro atoms. The van der Waals surface area contributed by atoms with Gasteiger partial charge in [0.15, 0.2) is 0 Å². The Hall–Kier alpha value is -2.54. The minimum absolute atomic E-state index is 0.0982. The van der Waals surface area contributed by atoms with Crippen LogP contribution >= 0.6 is 11.6 Å². The topological polar surface area (TPSA) is 49.4 Å². The Morgan fingerprint density at radius 1 is 1.22 bits per heavy atom. The molecule has 1 N–H and O–H groups in total. The second-order valence-corrected chi connectivity index (χ2v) is 6.79. The number of alkyl halides is 3. The van der Waals surface area contributed by atoms with E-state index in [1.54, 1.807) is 12.1 Å². The summed E-state index contributed by atoms with van der Waals surface area (Å²) in [5, 5.41) is 2.07. The minimum atomic E-state index is -4.68. The highest BCUT2D eigenvalue weighted by atomic mass is 35.5. The summed E-state index contributed by atoms with van der Waals surface area (Å²) >= 11 is 5.62. The van der Waals surface area contributed by atoms with Crippen LogP contribution in [0.25, 0.3) is 0 Å². The van der Waals surface area contributed by atoms with E-state index in [4.69, 9.17) is 11.6 Å². The SMILES string of the molecule is CC1Cc2ccccc2N1C(=O)CC(=O)Nc1ccc(Cl)cc1C(F)(F)F. The third-order valence-electron chi connectivity index (χ3n) is 4.35. The summed E-state index contributed by atoms with van der Waals surface area (Å²) in [6.07, 6.45) is -4.57. The molecule has 4 nitrogen and oxygen atoms in total. The van der Waals surface area contributed by atoms with Crippen molar-refractivity contribution in [3.05, 3.63) is 58.6 Å². The monoisotopic (exact) mass is 396 g/mol. The van der Waals surface area contributed by atoms with Crippen molar-refractivity contribution >= 4 is 34.8 Å². The summed E-state index contributed by atoms with van der Waals surface area (Å²) in [7, 11) is 0. The molecule has 0 fully saturated rings. The van der Waals surface area contributed by atoms with Crippen molar-refractivity contribution in [3.63, 3.8) is 0 Å². The number of benzene rings is 2. The van der Waals surface area contributed by atoms with Crippen molar-refractivity contribution in [2.45, 2.75) is 32.0 Å². The van der Waals surface area contributed by atoms with Gasteiger partial charge in [0.05, 0.1) is 11.3 Å². The van der Waals surface area contributed by atoms with Gasteiger partial charge in [0.2, 0.25) is 11.8 Å². The van der Waals surface area contributed by atoms with Crippen LogP contribution in [0.2, 0.25) is 5.02 Å². The van der Waals surface area contributed by atoms with Gasteiger partial charge in [-0.15, -0.1) is 0 Å². The van der Waals surface area contributed by atoms with Crippen LogP contribution < -0.4 is 10.2 Å². The van der Waals surface area contributed by atoms with E-state index in [1.165, 1.54) is 11.0 Å². The second kappa shape index (κ2) is 7.23. The van der Waals surface area contributed by atoms with Crippen LogP contribution in [0.1, 0.15) is 24.5 Å². The summed E-state index contributed by atoms with van der Waals surface area (Å²) in [5.41, 5.74) is 0.233. The van der Waals surface area contributed by atoms with E-state index >= 15 is 0 Å². The Morgan fingerprint density at radius 2 is 1.93 bits per heavy atom. The van der Waals surface area contributed by atoms with Gasteiger partial charge in [-0.05, 0) is 43.2 Å². The van der Waals surface area contributed by atoms with E-state index in [1.807, 2.05) is 19.1 Å². The molecule has 1 atom stereocenters. The van der Waals surface area contributed by atoms with E-state index in [2.05, 4.69) is 5.32 Å². The third kappa shape index (κ3) is 4.08. The number of carbonyl (C=O) groups is 2. The zero-order chi connectivity index (χ0) is 19.8. The van der Waals surface area contributed by atoms with Gasteiger partial charge in [0.25, 0.3) is 0 Å². The lowest BCUT2D eigenvalue weighted by Gasteiger charge is -2.22. The lowest BCUT2D eigenvalue weighted by Crippen LogP contribution is -2.37. The minimum Gasteiger partial charge on any atom is -0.325 e. The predicted molar refractivity (Wildman–Crippen MR) is 96.8 cm³/mol. The smallest absolute Gasteiger partial charge is 0.325 e. The molecule has 0 aliphatic carbocycles. The number of nitrogens with zero attached hydrogens (tertiary/aromatic N) is 1. The molecule has 1 unspecified atom stereocenters. The fourth-order valence-electron chi connectivity index (χ4n) is 3.22. The molecular weight excluding hydrogens is 381 g/mol. The predicted octanol–water partition coefficient (Wildman–Crippen LogP) is 4.67. The average Bonchev–Trinajstić information content (AvgIpc) is 2.91. The first-order valence-electron chi connectivity index (χ1n) is 8.23. The summed E-state index contributed by atoms with van der Waals surface area (Å²) in [5.74, 6) is -1.28. The van der Waals surface area contributed by atoms with Gasteiger partial charge in [-0.3, -0.25) is 9.59 Å². The zero-order valence-electron chi connectivity index (χ0n) is 14.3. The van der Waals surface area contributed by atoms with Gasteiger partial charge >= 0.3 is 6.18 Å². The lowest BCUT2D eigenvalue weighted by atomic mass is 10.1. The molecule has 0 saturated heterocycles. The molecule has 1 aliphatic rings. The van der Waals surface area contributed by atoms with E-state index < -0.39 is 35.7 Å². The highest BCUT2D eigenvalue weighted by molar-refractivity contribution is 6.30. The van der Waals surface area contributed by atoms with E-state index in [-0.39, 0.29) is 11.1 Å². The van der Waals surface area contributed by atoms with Gasteiger partial charge in [0, 0.05) is 16.8 Å². The van der Waals surface area contributed by atoms with Crippen LogP contribution in [0, 0.1) is 0 Å². The number of fused-ring (bicyclic) bond motifs is 1. The Bertz CT molecular complexity index is 899. The van der Waals surface area contributed by atoms with Crippen molar-refractivity contribution in [3.8, 4) is 0 Å². The quantitative estimate of drug-likeness (QED) is 0.767. The molecule has 1 aliphatic heterocycles. The average molecular weight is 397 g/mol. The van der Waals surface area contributed by atoms with Crippen LogP contribution in [0.15, 0.2) is 42.5 Å². The maximum absolute atomic E-state index is 13.1. The number of amides is 2. The van der Waals surface area contributed by atoms with Gasteiger partial charge in [-0.25, -0.2) is 0 Å². The fourth-order valence-corrected chi connectivity index (χ4v) is 3.39. The normalized spacial score (nSPS) is 16.2. The summed E-state index contributed by atoms with van der Waals surface area (Å²) in [6, 6.07) is 10.3. The van der Waals surface area contributed by atoms with Crippen molar-refractivity contribution in [2.75, 3.05) is 10.2 Å². The molecule has 8 heteroatoms. The van der Waals surface area contributed by atoms with Crippen LogP contribution in [-0.4, -0.2) is 17.9 Å². The highest BCUT2D eigenvalue weighted by Crippen LogP contribution is 2.37. The number of para-hydroxylation sites is 1. The molecule has 0 bridgehead atoms. The highest BCUT2D eigenvalue weighted by Gasteiger charge is 2.35. The summed E-state index contributed by atoms with van der Waals surface area (Å²) in [6.45, 7) is 1.86. The molecule has 2 aromatic carbocycles. The van der Waals surface area contributed by atoms with Crippen molar-refractivity contribution in [1.29, 1.82) is 0 Å². The van der Waals surface area contributed by atoms with Crippen LogP contribution in [0.5, 0.6) is 0 Å². The maximum Gasteiger partial charge on any atom is 0.418 e. The number of nitrogens with one attached hydrogen (secondary N) is 1. The molecule has 3 rings (SSSR count). The zero-order valence-corrected chi connectivity index (χ0v) is 15.1. The number of anilines is 2. The standard InChI is InChI=1S/C19H16ClF3N2O2/c1-11-8-12-4-2-3-5-16(12)25(11)18(27)10-17(26)24-15-7-6-13(20)9-14(15)19(21,22)23/h2-7,9,11H,8,10H2,1H3,(H,24,26). The Kier molecular flexibility index (Phi) is 5.15. The molecule has 0 saturated carbocycles. The summed E-state index contributed by atoms with van der Waals surface area (Å²) < 4.78 is 39.4. The van der Waals surface area contributed by atoms with Crippen LogP contribution in [0.4, 0.5) is 24.5 Å². The van der Waals surface area contributed by atoms with E-state index in [0.717, 1.165) is 23.4 Å². The molecule has 2 aromatic rings. The van der Waals surface area contributed by atoms with Gasteiger partial charge in [0.1, 0.15) is 6.42 Å². The number of hydrogen-bond donors (Lipinski definition) is 1. The van der Waals surface area contributed by atoms with Crippen LogP contribution in [-0.2, 0) is 22.2 Å². The van der Waals surface area contributed by atoms with E-state index in [9.17, 15) is 22.8 Å². The van der Waals surface area contributed by atoms with Gasteiger partial charge in [-0.2, -0.15) is 13.2 Å². The summed E-state index contributed by atoms with van der Waals surface area (Å²) in [4.78, 5) is 26.3. The molecular formula is C19H16ClF3N2O2. The molecule has 0 radical (unpaired) electrons. The number of halogens is 4. The Morgan fingerprint density at radius 3 is 2.63 bits per heavy atom. The fraction of sp³-hybridized carbons (Fsp3) is 0.263. The Balaban J connectivity index is 1.75. The molecule has 2 amide bonds. The molecule has 142 valence electrons. The van der Waals surface area contributed by atoms with Crippen LogP contribution in [0.3, 0.4) is 0 Å². The van der Waals surface area contributed by atoms with Crippen molar-refractivity contribution in [2.24, 2.45) is 0 Å². The van der Waals surface area contributed by atoms with Gasteiger partial charge in [-0.1, -0.05) is 29.8 Å². The molecule has 27 heavy (non-hydrogen) atoms. The molecule has 0 aromatic heterocycles. The largest absolute Gasteiger partial charge is 0.418 e. The first-order valence-corrected chi connectivity index (χ1v) is 8.61. The molecule has 1 heterocycles. The lowest BCUT2D eigenvalue weighted by molar-refractivity contribution is -0.137. The van der Waals surface area contributed by atoms with Gasteiger partial charge < -0.3 is 10.2 Å². The third-order valence-corrected chi connectivity index (χ3v) is 4.58. The first-order chi connectivity index (χ1) is 12.7.